The van der Waals surface area contributed by atoms with E-state index in [9.17, 15) is 8.42 Å². The smallest absolute Gasteiger partial charge is 0.207 e. The molecule has 1 unspecified atom stereocenters. The summed E-state index contributed by atoms with van der Waals surface area (Å²) in [5.41, 5.74) is 0.961. The molecule has 0 saturated carbocycles. The summed E-state index contributed by atoms with van der Waals surface area (Å²) in [4.78, 5) is 0.343. The summed E-state index contributed by atoms with van der Waals surface area (Å²) in [6, 6.07) is 6.91. The summed E-state index contributed by atoms with van der Waals surface area (Å²) >= 11 is 3.35. The molecule has 0 heterocycles. The standard InChI is InChI=1S/C14H22BrNO2S/c1-11(14(2,3)4)16(5)19(17,18)13-8-6-12(10-15)7-9-13/h6-9,11H,10H2,1-5H3. The van der Waals surface area contributed by atoms with Gasteiger partial charge in [-0.05, 0) is 30.0 Å². The number of hydrogen-bond donors (Lipinski definition) is 0. The van der Waals surface area contributed by atoms with E-state index in [0.717, 1.165) is 10.9 Å². The molecule has 0 spiro atoms. The van der Waals surface area contributed by atoms with E-state index in [1.54, 1.807) is 19.2 Å². The maximum Gasteiger partial charge on any atom is 0.243 e. The minimum Gasteiger partial charge on any atom is -0.207 e. The molecule has 0 aliphatic carbocycles. The zero-order valence-corrected chi connectivity index (χ0v) is 14.5. The monoisotopic (exact) mass is 347 g/mol. The van der Waals surface area contributed by atoms with Crippen LogP contribution in [0.5, 0.6) is 0 Å². The van der Waals surface area contributed by atoms with Gasteiger partial charge in [0, 0.05) is 18.4 Å². The molecule has 0 N–H and O–H groups in total. The fourth-order valence-corrected chi connectivity index (χ4v) is 3.59. The molecule has 0 aliphatic rings. The Labute approximate surface area is 125 Å². The molecule has 5 heteroatoms. The molecule has 0 amide bonds. The Bertz CT molecular complexity index is 517. The number of halogens is 1. The Morgan fingerprint density at radius 1 is 1.21 bits per heavy atom. The fourth-order valence-electron chi connectivity index (χ4n) is 1.67. The van der Waals surface area contributed by atoms with Crippen LogP contribution in [0.3, 0.4) is 0 Å². The lowest BCUT2D eigenvalue weighted by atomic mass is 9.88. The van der Waals surface area contributed by atoms with E-state index in [4.69, 9.17) is 0 Å². The Morgan fingerprint density at radius 2 is 1.68 bits per heavy atom. The van der Waals surface area contributed by atoms with E-state index >= 15 is 0 Å². The van der Waals surface area contributed by atoms with Crippen LogP contribution in [-0.2, 0) is 15.4 Å². The predicted octanol–water partition coefficient (Wildman–Crippen LogP) is 3.64. The van der Waals surface area contributed by atoms with Crippen LogP contribution >= 0.6 is 15.9 Å². The van der Waals surface area contributed by atoms with E-state index in [2.05, 4.69) is 15.9 Å². The topological polar surface area (TPSA) is 37.4 Å². The lowest BCUT2D eigenvalue weighted by Gasteiger charge is -2.34. The fraction of sp³-hybridized carbons (Fsp3) is 0.571. The zero-order valence-electron chi connectivity index (χ0n) is 12.1. The zero-order chi connectivity index (χ0) is 14.8. The molecule has 0 fully saturated rings. The molecule has 108 valence electrons. The van der Waals surface area contributed by atoms with Crippen LogP contribution in [-0.4, -0.2) is 25.8 Å². The van der Waals surface area contributed by atoms with Crippen molar-refractivity contribution in [2.75, 3.05) is 7.05 Å². The summed E-state index contributed by atoms with van der Waals surface area (Å²) in [5, 5.41) is 0.724. The molecule has 1 atom stereocenters. The number of rotatable bonds is 4. The Balaban J connectivity index is 3.09. The van der Waals surface area contributed by atoms with Crippen molar-refractivity contribution in [3.63, 3.8) is 0 Å². The molecule has 1 aromatic carbocycles. The molecule has 0 aliphatic heterocycles. The molecular formula is C14H22BrNO2S. The van der Waals surface area contributed by atoms with Gasteiger partial charge in [0.05, 0.1) is 4.90 Å². The van der Waals surface area contributed by atoms with E-state index < -0.39 is 10.0 Å². The third-order valence-corrected chi connectivity index (χ3v) is 6.14. The van der Waals surface area contributed by atoms with E-state index in [1.807, 2.05) is 39.8 Å². The van der Waals surface area contributed by atoms with Crippen molar-refractivity contribution < 1.29 is 8.42 Å². The lowest BCUT2D eigenvalue weighted by molar-refractivity contribution is 0.216. The van der Waals surface area contributed by atoms with Crippen molar-refractivity contribution in [3.8, 4) is 0 Å². The van der Waals surface area contributed by atoms with Crippen molar-refractivity contribution in [3.05, 3.63) is 29.8 Å². The number of benzene rings is 1. The second-order valence-corrected chi connectivity index (χ2v) is 8.40. The van der Waals surface area contributed by atoms with Gasteiger partial charge in [0.25, 0.3) is 0 Å². The van der Waals surface area contributed by atoms with Gasteiger partial charge in [-0.15, -0.1) is 0 Å². The summed E-state index contributed by atoms with van der Waals surface area (Å²) in [6.45, 7) is 8.05. The molecule has 3 nitrogen and oxygen atoms in total. The van der Waals surface area contributed by atoms with E-state index in [-0.39, 0.29) is 11.5 Å². The predicted molar refractivity (Wildman–Crippen MR) is 82.9 cm³/mol. The van der Waals surface area contributed by atoms with E-state index in [0.29, 0.717) is 4.90 Å². The van der Waals surface area contributed by atoms with Crippen LogP contribution in [0.4, 0.5) is 0 Å². The van der Waals surface area contributed by atoms with Crippen LogP contribution in [0.2, 0.25) is 0 Å². The Kier molecular flexibility index (Phi) is 5.21. The average Bonchev–Trinajstić information content (AvgIpc) is 2.35. The quantitative estimate of drug-likeness (QED) is 0.779. The van der Waals surface area contributed by atoms with Gasteiger partial charge < -0.3 is 0 Å². The number of alkyl halides is 1. The number of sulfonamides is 1. The van der Waals surface area contributed by atoms with Gasteiger partial charge in [0.2, 0.25) is 10.0 Å². The first kappa shape index (κ1) is 16.7. The maximum absolute atomic E-state index is 12.5. The molecule has 0 saturated heterocycles. The third-order valence-electron chi connectivity index (χ3n) is 3.55. The van der Waals surface area contributed by atoms with Gasteiger partial charge in [-0.1, -0.05) is 48.8 Å². The third kappa shape index (κ3) is 3.80. The van der Waals surface area contributed by atoms with Gasteiger partial charge in [0.1, 0.15) is 0 Å². The first-order valence-electron chi connectivity index (χ1n) is 6.23. The minimum atomic E-state index is -3.43. The Hall–Kier alpha value is -0.390. The van der Waals surface area contributed by atoms with Crippen molar-refractivity contribution in [1.82, 2.24) is 4.31 Å². The molecule has 0 bridgehead atoms. The van der Waals surface area contributed by atoms with Crippen LogP contribution in [0.1, 0.15) is 33.3 Å². The van der Waals surface area contributed by atoms with Gasteiger partial charge in [0.15, 0.2) is 0 Å². The largest absolute Gasteiger partial charge is 0.243 e. The second kappa shape index (κ2) is 5.94. The molecular weight excluding hydrogens is 326 g/mol. The van der Waals surface area contributed by atoms with Crippen molar-refractivity contribution >= 4 is 26.0 Å². The highest BCUT2D eigenvalue weighted by Crippen LogP contribution is 2.27. The van der Waals surface area contributed by atoms with E-state index in [1.165, 1.54) is 4.31 Å². The first-order chi connectivity index (χ1) is 8.60. The van der Waals surface area contributed by atoms with Crippen LogP contribution in [0.15, 0.2) is 29.2 Å². The Morgan fingerprint density at radius 3 is 2.05 bits per heavy atom. The van der Waals surface area contributed by atoms with Crippen LogP contribution < -0.4 is 0 Å². The normalized spacial score (nSPS) is 14.7. The highest BCUT2D eigenvalue weighted by molar-refractivity contribution is 9.08. The molecule has 0 aromatic heterocycles. The van der Waals surface area contributed by atoms with Crippen molar-refractivity contribution in [2.45, 2.75) is 44.0 Å². The summed E-state index contributed by atoms with van der Waals surface area (Å²) < 4.78 is 26.5. The van der Waals surface area contributed by atoms with Gasteiger partial charge in [-0.3, -0.25) is 0 Å². The van der Waals surface area contributed by atoms with Gasteiger partial charge in [-0.2, -0.15) is 4.31 Å². The molecule has 19 heavy (non-hydrogen) atoms. The van der Waals surface area contributed by atoms with Crippen molar-refractivity contribution in [2.24, 2.45) is 5.41 Å². The highest BCUT2D eigenvalue weighted by Gasteiger charge is 2.32. The first-order valence-corrected chi connectivity index (χ1v) is 8.80. The van der Waals surface area contributed by atoms with Crippen molar-refractivity contribution in [1.29, 1.82) is 0 Å². The lowest BCUT2D eigenvalue weighted by Crippen LogP contribution is -2.42. The molecule has 1 aromatic rings. The van der Waals surface area contributed by atoms with Gasteiger partial charge in [-0.25, -0.2) is 8.42 Å². The highest BCUT2D eigenvalue weighted by atomic mass is 79.9. The SMILES string of the molecule is CC(N(C)S(=O)(=O)c1ccc(CBr)cc1)C(C)(C)C. The molecule has 1 rings (SSSR count). The second-order valence-electron chi connectivity index (χ2n) is 5.84. The van der Waals surface area contributed by atoms with Crippen LogP contribution in [0, 0.1) is 5.41 Å². The van der Waals surface area contributed by atoms with Crippen LogP contribution in [0.25, 0.3) is 0 Å². The maximum atomic E-state index is 12.5. The van der Waals surface area contributed by atoms with Gasteiger partial charge >= 0.3 is 0 Å². The average molecular weight is 348 g/mol. The number of hydrogen-bond acceptors (Lipinski definition) is 2. The summed E-state index contributed by atoms with van der Waals surface area (Å²) in [7, 11) is -1.79. The minimum absolute atomic E-state index is 0.0756. The summed E-state index contributed by atoms with van der Waals surface area (Å²) in [6.07, 6.45) is 0. The number of nitrogens with zero attached hydrogens (tertiary/aromatic N) is 1. The summed E-state index contributed by atoms with van der Waals surface area (Å²) in [5.74, 6) is 0. The molecule has 0 radical (unpaired) electrons.